The van der Waals surface area contributed by atoms with Crippen LogP contribution in [-0.2, 0) is 9.53 Å². The second kappa shape index (κ2) is 10.4. The molecule has 0 aliphatic rings. The van der Waals surface area contributed by atoms with Crippen LogP contribution in [0.2, 0.25) is 0 Å². The van der Waals surface area contributed by atoms with Crippen LogP contribution in [0.25, 0.3) is 0 Å². The highest BCUT2D eigenvalue weighted by molar-refractivity contribution is 5.69. The SMILES string of the molecule is CCOC(=O)CCCCCCN(c1ccccn1)c1cc(C)ccn1. The van der Waals surface area contributed by atoms with Crippen molar-refractivity contribution < 1.29 is 9.53 Å². The molecular formula is C20H27N3O2. The Morgan fingerprint density at radius 2 is 1.84 bits per heavy atom. The average molecular weight is 341 g/mol. The lowest BCUT2D eigenvalue weighted by Crippen LogP contribution is -2.20. The summed E-state index contributed by atoms with van der Waals surface area (Å²) in [6.07, 6.45) is 8.14. The Bertz CT molecular complexity index is 646. The number of unbranched alkanes of at least 4 members (excludes halogenated alkanes) is 3. The molecule has 0 N–H and O–H groups in total. The van der Waals surface area contributed by atoms with Gasteiger partial charge in [-0.3, -0.25) is 4.79 Å². The van der Waals surface area contributed by atoms with E-state index in [4.69, 9.17) is 4.74 Å². The standard InChI is InChI=1S/C20H27N3O2/c1-3-25-20(24)11-6-4-5-9-15-23(18-10-7-8-13-21-18)19-16-17(2)12-14-22-19/h7-8,10,12-14,16H,3-6,9,11,15H2,1-2H3. The van der Waals surface area contributed by atoms with Gasteiger partial charge in [0.2, 0.25) is 0 Å². The van der Waals surface area contributed by atoms with Gasteiger partial charge in [-0.1, -0.05) is 18.9 Å². The first-order valence-corrected chi connectivity index (χ1v) is 8.97. The summed E-state index contributed by atoms with van der Waals surface area (Å²) in [6, 6.07) is 9.99. The van der Waals surface area contributed by atoms with Crippen LogP contribution in [-0.4, -0.2) is 29.1 Å². The molecule has 0 amide bonds. The molecule has 2 aromatic rings. The maximum Gasteiger partial charge on any atom is 0.305 e. The van der Waals surface area contributed by atoms with Crippen molar-refractivity contribution in [3.8, 4) is 0 Å². The zero-order chi connectivity index (χ0) is 17.9. The fourth-order valence-electron chi connectivity index (χ4n) is 2.65. The van der Waals surface area contributed by atoms with Crippen LogP contribution in [0.3, 0.4) is 0 Å². The number of carbonyl (C=O) groups is 1. The fourth-order valence-corrected chi connectivity index (χ4v) is 2.65. The summed E-state index contributed by atoms with van der Waals surface area (Å²) in [5.41, 5.74) is 1.18. The van der Waals surface area contributed by atoms with E-state index < -0.39 is 0 Å². The molecule has 134 valence electrons. The number of nitrogens with zero attached hydrogens (tertiary/aromatic N) is 3. The van der Waals surface area contributed by atoms with Crippen molar-refractivity contribution in [2.75, 3.05) is 18.1 Å². The molecule has 25 heavy (non-hydrogen) atoms. The first kappa shape index (κ1) is 18.9. The van der Waals surface area contributed by atoms with E-state index in [1.807, 2.05) is 37.4 Å². The lowest BCUT2D eigenvalue weighted by Gasteiger charge is -2.23. The molecule has 2 rings (SSSR count). The number of hydrogen-bond donors (Lipinski definition) is 0. The molecule has 0 bridgehead atoms. The Balaban J connectivity index is 1.87. The van der Waals surface area contributed by atoms with E-state index in [-0.39, 0.29) is 5.97 Å². The number of anilines is 2. The number of carbonyl (C=O) groups excluding carboxylic acids is 1. The Hall–Kier alpha value is -2.43. The molecule has 0 radical (unpaired) electrons. The number of aromatic nitrogens is 2. The number of pyridine rings is 2. The predicted molar refractivity (Wildman–Crippen MR) is 99.9 cm³/mol. The molecule has 2 heterocycles. The minimum atomic E-state index is -0.0958. The third-order valence-corrected chi connectivity index (χ3v) is 3.92. The van der Waals surface area contributed by atoms with Gasteiger partial charge < -0.3 is 9.64 Å². The summed E-state index contributed by atoms with van der Waals surface area (Å²) in [5.74, 6) is 1.74. The number of esters is 1. The first-order valence-electron chi connectivity index (χ1n) is 8.97. The molecule has 0 aromatic carbocycles. The van der Waals surface area contributed by atoms with Gasteiger partial charge in [0.25, 0.3) is 0 Å². The Morgan fingerprint density at radius 1 is 1.04 bits per heavy atom. The van der Waals surface area contributed by atoms with Crippen LogP contribution in [0.1, 0.15) is 44.6 Å². The zero-order valence-corrected chi connectivity index (χ0v) is 15.1. The van der Waals surface area contributed by atoms with Gasteiger partial charge in [0.05, 0.1) is 6.61 Å². The molecule has 5 heteroatoms. The highest BCUT2D eigenvalue weighted by atomic mass is 16.5. The molecular weight excluding hydrogens is 314 g/mol. The van der Waals surface area contributed by atoms with E-state index in [9.17, 15) is 4.79 Å². The average Bonchev–Trinajstić information content (AvgIpc) is 2.62. The minimum Gasteiger partial charge on any atom is -0.466 e. The van der Waals surface area contributed by atoms with Gasteiger partial charge in [-0.05, 0) is 56.5 Å². The first-order chi connectivity index (χ1) is 12.2. The molecule has 0 aliphatic carbocycles. The van der Waals surface area contributed by atoms with E-state index in [0.717, 1.165) is 43.9 Å². The van der Waals surface area contributed by atoms with Gasteiger partial charge in [0.1, 0.15) is 11.6 Å². The van der Waals surface area contributed by atoms with Crippen LogP contribution in [0.4, 0.5) is 11.6 Å². The number of ether oxygens (including phenoxy) is 1. The third kappa shape index (κ3) is 6.53. The van der Waals surface area contributed by atoms with E-state index in [1.54, 1.807) is 6.20 Å². The van der Waals surface area contributed by atoms with Gasteiger partial charge in [-0.25, -0.2) is 9.97 Å². The second-order valence-electron chi connectivity index (χ2n) is 6.00. The number of aryl methyl sites for hydroxylation is 1. The molecule has 0 fully saturated rings. The second-order valence-corrected chi connectivity index (χ2v) is 6.00. The van der Waals surface area contributed by atoms with Gasteiger partial charge in [0, 0.05) is 25.4 Å². The summed E-state index contributed by atoms with van der Waals surface area (Å²) in [4.78, 5) is 22.5. The van der Waals surface area contributed by atoms with Crippen LogP contribution >= 0.6 is 0 Å². The molecule has 2 aromatic heterocycles. The molecule has 0 atom stereocenters. The number of hydrogen-bond acceptors (Lipinski definition) is 5. The van der Waals surface area contributed by atoms with Crippen molar-refractivity contribution in [2.45, 2.75) is 46.0 Å². The van der Waals surface area contributed by atoms with Crippen LogP contribution in [0, 0.1) is 6.92 Å². The van der Waals surface area contributed by atoms with Crippen molar-refractivity contribution in [1.82, 2.24) is 9.97 Å². The highest BCUT2D eigenvalue weighted by Crippen LogP contribution is 2.22. The minimum absolute atomic E-state index is 0.0958. The lowest BCUT2D eigenvalue weighted by atomic mass is 10.1. The number of rotatable bonds is 10. The van der Waals surface area contributed by atoms with Gasteiger partial charge in [-0.2, -0.15) is 0 Å². The van der Waals surface area contributed by atoms with Crippen molar-refractivity contribution in [2.24, 2.45) is 0 Å². The molecule has 0 spiro atoms. The normalized spacial score (nSPS) is 10.5. The largest absolute Gasteiger partial charge is 0.466 e. The van der Waals surface area contributed by atoms with Crippen molar-refractivity contribution in [1.29, 1.82) is 0 Å². The summed E-state index contributed by atoms with van der Waals surface area (Å²) in [7, 11) is 0. The fraction of sp³-hybridized carbons (Fsp3) is 0.450. The smallest absolute Gasteiger partial charge is 0.305 e. The Kier molecular flexibility index (Phi) is 7.89. The van der Waals surface area contributed by atoms with Crippen molar-refractivity contribution in [3.05, 3.63) is 48.3 Å². The van der Waals surface area contributed by atoms with E-state index >= 15 is 0 Å². The van der Waals surface area contributed by atoms with Crippen LogP contribution in [0.15, 0.2) is 42.7 Å². The van der Waals surface area contributed by atoms with Crippen LogP contribution in [0.5, 0.6) is 0 Å². The summed E-state index contributed by atoms with van der Waals surface area (Å²) in [5, 5.41) is 0. The van der Waals surface area contributed by atoms with Gasteiger partial charge in [-0.15, -0.1) is 0 Å². The summed E-state index contributed by atoms with van der Waals surface area (Å²) in [6.45, 7) is 5.22. The molecule has 0 saturated heterocycles. The maximum atomic E-state index is 11.3. The monoisotopic (exact) mass is 341 g/mol. The van der Waals surface area contributed by atoms with E-state index in [2.05, 4.69) is 27.9 Å². The van der Waals surface area contributed by atoms with Crippen molar-refractivity contribution >= 4 is 17.6 Å². The highest BCUT2D eigenvalue weighted by Gasteiger charge is 2.11. The predicted octanol–water partition coefficient (Wildman–Crippen LogP) is 4.44. The third-order valence-electron chi connectivity index (χ3n) is 3.92. The van der Waals surface area contributed by atoms with Crippen LogP contribution < -0.4 is 4.90 Å². The zero-order valence-electron chi connectivity index (χ0n) is 15.1. The summed E-state index contributed by atoms with van der Waals surface area (Å²) >= 11 is 0. The Labute approximate surface area is 150 Å². The van der Waals surface area contributed by atoms with E-state index in [1.165, 1.54) is 5.56 Å². The van der Waals surface area contributed by atoms with Gasteiger partial charge in [0.15, 0.2) is 0 Å². The summed E-state index contributed by atoms with van der Waals surface area (Å²) < 4.78 is 4.95. The molecule has 0 aliphatic heterocycles. The Morgan fingerprint density at radius 3 is 2.56 bits per heavy atom. The molecule has 0 unspecified atom stereocenters. The van der Waals surface area contributed by atoms with Gasteiger partial charge >= 0.3 is 5.97 Å². The maximum absolute atomic E-state index is 11.3. The topological polar surface area (TPSA) is 55.3 Å². The van der Waals surface area contributed by atoms with E-state index in [0.29, 0.717) is 13.0 Å². The lowest BCUT2D eigenvalue weighted by molar-refractivity contribution is -0.143. The molecule has 0 saturated carbocycles. The van der Waals surface area contributed by atoms with Crippen molar-refractivity contribution in [3.63, 3.8) is 0 Å². The molecule has 5 nitrogen and oxygen atoms in total. The quantitative estimate of drug-likeness (QED) is 0.472.